The van der Waals surface area contributed by atoms with E-state index in [1.165, 1.54) is 0 Å². The van der Waals surface area contributed by atoms with E-state index in [0.717, 1.165) is 21.4 Å². The normalized spacial score (nSPS) is 24.8. The van der Waals surface area contributed by atoms with Crippen molar-refractivity contribution in [1.29, 1.82) is 0 Å². The molecule has 0 radical (unpaired) electrons. The van der Waals surface area contributed by atoms with Crippen molar-refractivity contribution in [3.63, 3.8) is 0 Å². The van der Waals surface area contributed by atoms with E-state index < -0.39 is 0 Å². The molecule has 20 heavy (non-hydrogen) atoms. The molecular formula is C17H21BrO2. The van der Waals surface area contributed by atoms with Crippen LogP contribution < -0.4 is 4.74 Å². The number of hydrogen-bond acceptors (Lipinski definition) is 2. The van der Waals surface area contributed by atoms with E-state index in [0.29, 0.717) is 11.7 Å². The van der Waals surface area contributed by atoms with Gasteiger partial charge in [-0.25, -0.2) is 0 Å². The standard InChI is InChI=1S/C17H21BrO2/c1-10-6-7-11(2)17(3,4)16(10)12-8-15(20-5)13(18)9-14(12)19/h6-10,16,19H,2H2,1,3-5H3. The van der Waals surface area contributed by atoms with E-state index >= 15 is 0 Å². The molecule has 1 aromatic carbocycles. The molecule has 0 amide bonds. The molecule has 0 saturated carbocycles. The van der Waals surface area contributed by atoms with Gasteiger partial charge in [0.05, 0.1) is 11.6 Å². The Morgan fingerprint density at radius 3 is 2.60 bits per heavy atom. The first kappa shape index (κ1) is 15.2. The summed E-state index contributed by atoms with van der Waals surface area (Å²) in [6.07, 6.45) is 4.25. The second-order valence-electron chi connectivity index (χ2n) is 5.99. The van der Waals surface area contributed by atoms with E-state index in [1.807, 2.05) is 6.07 Å². The minimum atomic E-state index is -0.107. The lowest BCUT2D eigenvalue weighted by molar-refractivity contribution is 0.284. The molecule has 1 aliphatic rings. The SMILES string of the molecule is C=C1C=CC(C)C(c2cc(OC)c(Br)cc2O)C1(C)C. The first-order valence-electron chi connectivity index (χ1n) is 6.73. The summed E-state index contributed by atoms with van der Waals surface area (Å²) in [6, 6.07) is 3.63. The van der Waals surface area contributed by atoms with E-state index in [9.17, 15) is 5.11 Å². The highest BCUT2D eigenvalue weighted by molar-refractivity contribution is 9.10. The second kappa shape index (κ2) is 5.28. The fourth-order valence-electron chi connectivity index (χ4n) is 3.09. The number of rotatable bonds is 2. The lowest BCUT2D eigenvalue weighted by Crippen LogP contribution is -2.31. The lowest BCUT2D eigenvalue weighted by atomic mass is 9.62. The summed E-state index contributed by atoms with van der Waals surface area (Å²) in [7, 11) is 1.63. The summed E-state index contributed by atoms with van der Waals surface area (Å²) in [5.74, 6) is 1.53. The first-order chi connectivity index (χ1) is 9.28. The Balaban J connectivity index is 2.60. The number of benzene rings is 1. The van der Waals surface area contributed by atoms with Crippen LogP contribution in [0.25, 0.3) is 0 Å². The van der Waals surface area contributed by atoms with Crippen molar-refractivity contribution in [1.82, 2.24) is 0 Å². The Hall–Kier alpha value is -1.22. The minimum absolute atomic E-state index is 0.107. The Morgan fingerprint density at radius 2 is 2.00 bits per heavy atom. The van der Waals surface area contributed by atoms with Gasteiger partial charge in [-0.1, -0.05) is 39.5 Å². The van der Waals surface area contributed by atoms with Gasteiger partial charge in [-0.15, -0.1) is 0 Å². The monoisotopic (exact) mass is 336 g/mol. The Bertz CT molecular complexity index is 573. The third-order valence-electron chi connectivity index (χ3n) is 4.37. The van der Waals surface area contributed by atoms with Gasteiger partial charge in [0.1, 0.15) is 11.5 Å². The van der Waals surface area contributed by atoms with E-state index in [-0.39, 0.29) is 11.3 Å². The van der Waals surface area contributed by atoms with Crippen molar-refractivity contribution < 1.29 is 9.84 Å². The molecule has 2 rings (SSSR count). The van der Waals surface area contributed by atoms with Gasteiger partial charge < -0.3 is 9.84 Å². The highest BCUT2D eigenvalue weighted by Crippen LogP contribution is 2.52. The number of phenols is 1. The molecule has 108 valence electrons. The summed E-state index contributed by atoms with van der Waals surface area (Å²) < 4.78 is 6.12. The second-order valence-corrected chi connectivity index (χ2v) is 6.84. The molecule has 1 aromatic rings. The van der Waals surface area contributed by atoms with E-state index in [2.05, 4.69) is 55.4 Å². The fourth-order valence-corrected chi connectivity index (χ4v) is 3.58. The molecule has 1 aliphatic carbocycles. The molecular weight excluding hydrogens is 316 g/mol. The summed E-state index contributed by atoms with van der Waals surface area (Å²) in [5, 5.41) is 10.4. The maximum absolute atomic E-state index is 10.4. The van der Waals surface area contributed by atoms with Gasteiger partial charge >= 0.3 is 0 Å². The molecule has 0 heterocycles. The predicted octanol–water partition coefficient (Wildman–Crippen LogP) is 5.04. The van der Waals surface area contributed by atoms with Gasteiger partial charge in [-0.3, -0.25) is 0 Å². The van der Waals surface area contributed by atoms with Crippen LogP contribution in [0.15, 0.2) is 40.9 Å². The summed E-state index contributed by atoms with van der Waals surface area (Å²) in [4.78, 5) is 0. The van der Waals surface area contributed by atoms with Gasteiger partial charge in [0.2, 0.25) is 0 Å². The van der Waals surface area contributed by atoms with Gasteiger partial charge in [0.25, 0.3) is 0 Å². The van der Waals surface area contributed by atoms with Crippen molar-refractivity contribution in [3.8, 4) is 11.5 Å². The maximum atomic E-state index is 10.4. The van der Waals surface area contributed by atoms with Gasteiger partial charge in [0, 0.05) is 11.5 Å². The topological polar surface area (TPSA) is 29.5 Å². The highest BCUT2D eigenvalue weighted by atomic mass is 79.9. The fraction of sp³-hybridized carbons (Fsp3) is 0.412. The third kappa shape index (κ3) is 2.39. The molecule has 0 aromatic heterocycles. The molecule has 2 nitrogen and oxygen atoms in total. The van der Waals surface area contributed by atoms with Crippen LogP contribution in [-0.4, -0.2) is 12.2 Å². The summed E-state index contributed by atoms with van der Waals surface area (Å²) >= 11 is 3.40. The first-order valence-corrected chi connectivity index (χ1v) is 7.52. The number of halogens is 1. The van der Waals surface area contributed by atoms with Crippen LogP contribution in [0.1, 0.15) is 32.3 Å². The van der Waals surface area contributed by atoms with Crippen molar-refractivity contribution in [2.75, 3.05) is 7.11 Å². The lowest BCUT2D eigenvalue weighted by Gasteiger charge is -2.42. The minimum Gasteiger partial charge on any atom is -0.508 e. The molecule has 0 bridgehead atoms. The van der Waals surface area contributed by atoms with Crippen molar-refractivity contribution >= 4 is 15.9 Å². The molecule has 1 N–H and O–H groups in total. The van der Waals surface area contributed by atoms with Crippen molar-refractivity contribution in [2.45, 2.75) is 26.7 Å². The van der Waals surface area contributed by atoms with Crippen LogP contribution in [0.4, 0.5) is 0 Å². The third-order valence-corrected chi connectivity index (χ3v) is 4.99. The van der Waals surface area contributed by atoms with Crippen molar-refractivity contribution in [3.05, 3.63) is 46.5 Å². The largest absolute Gasteiger partial charge is 0.508 e. The van der Waals surface area contributed by atoms with Gasteiger partial charge in [-0.05, 0) is 45.0 Å². The molecule has 0 fully saturated rings. The molecule has 0 spiro atoms. The Morgan fingerprint density at radius 1 is 1.35 bits per heavy atom. The number of methoxy groups -OCH3 is 1. The summed E-state index contributed by atoms with van der Waals surface area (Å²) in [5.41, 5.74) is 1.89. The van der Waals surface area contributed by atoms with Crippen LogP contribution >= 0.6 is 15.9 Å². The quantitative estimate of drug-likeness (QED) is 0.820. The molecule has 2 atom stereocenters. The predicted molar refractivity (Wildman–Crippen MR) is 86.3 cm³/mol. The number of aromatic hydroxyl groups is 1. The molecule has 2 unspecified atom stereocenters. The average Bonchev–Trinajstić information content (AvgIpc) is 2.37. The maximum Gasteiger partial charge on any atom is 0.133 e. The van der Waals surface area contributed by atoms with Crippen LogP contribution in [0, 0.1) is 11.3 Å². The number of allylic oxidation sites excluding steroid dienone is 3. The zero-order valence-electron chi connectivity index (χ0n) is 12.4. The Labute approximate surface area is 129 Å². The molecule has 0 aliphatic heterocycles. The van der Waals surface area contributed by atoms with E-state index in [4.69, 9.17) is 4.74 Å². The van der Waals surface area contributed by atoms with E-state index in [1.54, 1.807) is 13.2 Å². The molecule has 3 heteroatoms. The smallest absolute Gasteiger partial charge is 0.133 e. The van der Waals surface area contributed by atoms with Crippen LogP contribution in [0.3, 0.4) is 0 Å². The number of ether oxygens (including phenoxy) is 1. The van der Waals surface area contributed by atoms with Crippen LogP contribution in [-0.2, 0) is 0 Å². The molecule has 0 saturated heterocycles. The highest BCUT2D eigenvalue weighted by Gasteiger charge is 2.39. The van der Waals surface area contributed by atoms with Crippen LogP contribution in [0.2, 0.25) is 0 Å². The van der Waals surface area contributed by atoms with Crippen LogP contribution in [0.5, 0.6) is 11.5 Å². The number of phenolic OH excluding ortho intramolecular Hbond substituents is 1. The Kier molecular flexibility index (Phi) is 4.01. The zero-order valence-corrected chi connectivity index (χ0v) is 14.0. The summed E-state index contributed by atoms with van der Waals surface area (Å²) in [6.45, 7) is 10.7. The zero-order chi connectivity index (χ0) is 15.1. The van der Waals surface area contributed by atoms with Gasteiger partial charge in [0.15, 0.2) is 0 Å². The number of hydrogen-bond donors (Lipinski definition) is 1. The average molecular weight is 337 g/mol. The van der Waals surface area contributed by atoms with Gasteiger partial charge in [-0.2, -0.15) is 0 Å². The van der Waals surface area contributed by atoms with Crippen molar-refractivity contribution in [2.24, 2.45) is 11.3 Å².